The van der Waals surface area contributed by atoms with E-state index in [2.05, 4.69) is 4.72 Å². The van der Waals surface area contributed by atoms with Gasteiger partial charge >= 0.3 is 0 Å². The van der Waals surface area contributed by atoms with Gasteiger partial charge in [0.2, 0.25) is 0 Å². The Balaban J connectivity index is 2.08. The minimum atomic E-state index is -3.42. The lowest BCUT2D eigenvalue weighted by Crippen LogP contribution is -2.52. The summed E-state index contributed by atoms with van der Waals surface area (Å²) in [6.07, 6.45) is 0.245. The van der Waals surface area contributed by atoms with Gasteiger partial charge in [-0.3, -0.25) is 0 Å². The summed E-state index contributed by atoms with van der Waals surface area (Å²) in [5.41, 5.74) is 0.980. The molecule has 1 N–H and O–H groups in total. The molecular weight excluding hydrogens is 240 g/mol. The van der Waals surface area contributed by atoms with Gasteiger partial charge in [0.25, 0.3) is 10.2 Å². The lowest BCUT2D eigenvalue weighted by Gasteiger charge is -2.31. The maximum Gasteiger partial charge on any atom is 0.281 e. The lowest BCUT2D eigenvalue weighted by molar-refractivity contribution is 0.0695. The van der Waals surface area contributed by atoms with Gasteiger partial charge in [0.05, 0.1) is 0 Å². The minimum absolute atomic E-state index is 0.395. The van der Waals surface area contributed by atoms with Crippen LogP contribution in [0.25, 0.3) is 0 Å². The molecule has 1 heterocycles. The van der Waals surface area contributed by atoms with Crippen LogP contribution < -0.4 is 4.72 Å². The van der Waals surface area contributed by atoms with Crippen LogP contribution in [0.1, 0.15) is 12.0 Å². The summed E-state index contributed by atoms with van der Waals surface area (Å²) in [5.74, 6) is 0. The van der Waals surface area contributed by atoms with Gasteiger partial charge in [0, 0.05) is 26.6 Å². The van der Waals surface area contributed by atoms with Crippen LogP contribution in [0.2, 0.25) is 0 Å². The highest BCUT2D eigenvalue weighted by Gasteiger charge is 2.30. The van der Waals surface area contributed by atoms with Crippen molar-refractivity contribution in [3.05, 3.63) is 35.9 Å². The van der Waals surface area contributed by atoms with Gasteiger partial charge < -0.3 is 4.74 Å². The number of rotatable bonds is 3. The molecule has 1 saturated heterocycles. The van der Waals surface area contributed by atoms with Crippen LogP contribution in [0.15, 0.2) is 30.3 Å². The predicted molar refractivity (Wildman–Crippen MR) is 64.3 cm³/mol. The fourth-order valence-electron chi connectivity index (χ4n) is 1.80. The van der Waals surface area contributed by atoms with Gasteiger partial charge in [0.15, 0.2) is 0 Å². The molecule has 6 heteroatoms. The number of benzene rings is 1. The van der Waals surface area contributed by atoms with Gasteiger partial charge in [0.1, 0.15) is 6.23 Å². The molecule has 0 spiro atoms. The molecule has 0 amide bonds. The Bertz CT molecular complexity index is 461. The van der Waals surface area contributed by atoms with Crippen molar-refractivity contribution < 1.29 is 13.2 Å². The summed E-state index contributed by atoms with van der Waals surface area (Å²) in [5, 5.41) is 0. The molecule has 0 saturated carbocycles. The van der Waals surface area contributed by atoms with Crippen molar-refractivity contribution in [1.82, 2.24) is 9.03 Å². The number of hydrogen-bond acceptors (Lipinski definition) is 3. The third-order valence-electron chi connectivity index (χ3n) is 2.75. The van der Waals surface area contributed by atoms with Crippen molar-refractivity contribution in [2.24, 2.45) is 0 Å². The molecule has 0 radical (unpaired) electrons. The molecule has 1 aromatic rings. The first-order valence-corrected chi connectivity index (χ1v) is 6.90. The van der Waals surface area contributed by atoms with E-state index in [1.165, 1.54) is 11.4 Å². The summed E-state index contributed by atoms with van der Waals surface area (Å²) in [6, 6.07) is 9.54. The Morgan fingerprint density at radius 2 is 2.12 bits per heavy atom. The first-order valence-electron chi connectivity index (χ1n) is 5.46. The zero-order valence-electron chi connectivity index (χ0n) is 9.67. The zero-order chi connectivity index (χ0) is 12.3. The van der Waals surface area contributed by atoms with Crippen molar-refractivity contribution in [3.63, 3.8) is 0 Å². The molecule has 1 aliphatic rings. The fraction of sp³-hybridized carbons (Fsp3) is 0.455. The number of hydrogen-bond donors (Lipinski definition) is 1. The standard InChI is InChI=1S/C11H16N2O3S/c1-16-11-7-8-13(17(14,15)12-11)9-10-5-3-2-4-6-10/h2-6,11-12H,7-9H2,1H3. The topological polar surface area (TPSA) is 58.6 Å². The van der Waals surface area contributed by atoms with E-state index in [4.69, 9.17) is 4.74 Å². The van der Waals surface area contributed by atoms with Crippen molar-refractivity contribution in [2.45, 2.75) is 19.2 Å². The van der Waals surface area contributed by atoms with Gasteiger partial charge in [-0.25, -0.2) is 0 Å². The number of nitrogens with one attached hydrogen (secondary N) is 1. The summed E-state index contributed by atoms with van der Waals surface area (Å²) >= 11 is 0. The van der Waals surface area contributed by atoms with Gasteiger partial charge in [-0.2, -0.15) is 17.4 Å². The van der Waals surface area contributed by atoms with Crippen LogP contribution >= 0.6 is 0 Å². The second-order valence-electron chi connectivity index (χ2n) is 3.96. The highest BCUT2D eigenvalue weighted by atomic mass is 32.2. The Morgan fingerprint density at radius 3 is 2.71 bits per heavy atom. The minimum Gasteiger partial charge on any atom is -0.366 e. The van der Waals surface area contributed by atoms with Crippen LogP contribution in [0.5, 0.6) is 0 Å². The van der Waals surface area contributed by atoms with Crippen LogP contribution in [0.3, 0.4) is 0 Å². The quantitative estimate of drug-likeness (QED) is 0.866. The van der Waals surface area contributed by atoms with Gasteiger partial charge in [-0.1, -0.05) is 30.3 Å². The number of ether oxygens (including phenoxy) is 1. The molecule has 1 unspecified atom stereocenters. The summed E-state index contributed by atoms with van der Waals surface area (Å²) in [6.45, 7) is 0.870. The van der Waals surface area contributed by atoms with E-state index in [1.807, 2.05) is 30.3 Å². The van der Waals surface area contributed by atoms with Crippen LogP contribution in [0, 0.1) is 0 Å². The first-order chi connectivity index (χ1) is 8.12. The molecule has 17 heavy (non-hydrogen) atoms. The molecule has 2 rings (SSSR count). The smallest absolute Gasteiger partial charge is 0.281 e. The Morgan fingerprint density at radius 1 is 1.41 bits per heavy atom. The maximum absolute atomic E-state index is 11.9. The predicted octanol–water partition coefficient (Wildman–Crippen LogP) is 0.699. The van der Waals surface area contributed by atoms with E-state index in [0.717, 1.165) is 5.56 Å². The molecule has 94 valence electrons. The van der Waals surface area contributed by atoms with Crippen LogP contribution in [-0.2, 0) is 21.5 Å². The Labute approximate surface area is 102 Å². The van der Waals surface area contributed by atoms with Crippen LogP contribution in [-0.4, -0.2) is 32.6 Å². The van der Waals surface area contributed by atoms with E-state index >= 15 is 0 Å². The average molecular weight is 256 g/mol. The molecular formula is C11H16N2O3S. The summed E-state index contributed by atoms with van der Waals surface area (Å²) in [4.78, 5) is 0. The lowest BCUT2D eigenvalue weighted by atomic mass is 10.2. The Hall–Kier alpha value is -0.950. The average Bonchev–Trinajstić information content (AvgIpc) is 2.33. The number of methoxy groups -OCH3 is 1. The van der Waals surface area contributed by atoms with Crippen LogP contribution in [0.4, 0.5) is 0 Å². The molecule has 0 bridgehead atoms. The first kappa shape index (κ1) is 12.5. The molecule has 1 aliphatic heterocycles. The highest BCUT2D eigenvalue weighted by Crippen LogP contribution is 2.15. The van der Waals surface area contributed by atoms with Crippen molar-refractivity contribution in [1.29, 1.82) is 0 Å². The summed E-state index contributed by atoms with van der Waals surface area (Å²) < 4.78 is 32.7. The normalized spacial score (nSPS) is 24.6. The van der Waals surface area contributed by atoms with Crippen molar-refractivity contribution in [3.8, 4) is 0 Å². The third-order valence-corrected chi connectivity index (χ3v) is 4.30. The molecule has 1 atom stereocenters. The maximum atomic E-state index is 11.9. The van der Waals surface area contributed by atoms with Crippen molar-refractivity contribution in [2.75, 3.05) is 13.7 Å². The Kier molecular flexibility index (Phi) is 3.78. The number of nitrogens with zero attached hydrogens (tertiary/aromatic N) is 1. The monoisotopic (exact) mass is 256 g/mol. The third kappa shape index (κ3) is 3.04. The van der Waals surface area contributed by atoms with E-state index in [-0.39, 0.29) is 0 Å². The molecule has 0 aliphatic carbocycles. The SMILES string of the molecule is COC1CCN(Cc2ccccc2)S(=O)(=O)N1. The second-order valence-corrected chi connectivity index (χ2v) is 5.66. The summed E-state index contributed by atoms with van der Waals surface area (Å²) in [7, 11) is -1.92. The zero-order valence-corrected chi connectivity index (χ0v) is 10.5. The van der Waals surface area contributed by atoms with E-state index < -0.39 is 16.4 Å². The van der Waals surface area contributed by atoms with Gasteiger partial charge in [-0.05, 0) is 5.56 Å². The fourth-order valence-corrected chi connectivity index (χ4v) is 3.16. The largest absolute Gasteiger partial charge is 0.366 e. The van der Waals surface area contributed by atoms with E-state index in [9.17, 15) is 8.42 Å². The highest BCUT2D eigenvalue weighted by molar-refractivity contribution is 7.87. The van der Waals surface area contributed by atoms with E-state index in [0.29, 0.717) is 19.5 Å². The molecule has 1 fully saturated rings. The second kappa shape index (κ2) is 5.14. The molecule has 0 aromatic heterocycles. The molecule has 5 nitrogen and oxygen atoms in total. The van der Waals surface area contributed by atoms with E-state index in [1.54, 1.807) is 0 Å². The molecule has 1 aromatic carbocycles. The van der Waals surface area contributed by atoms with Gasteiger partial charge in [-0.15, -0.1) is 0 Å². The van der Waals surface area contributed by atoms with Crippen molar-refractivity contribution >= 4 is 10.2 Å².